The van der Waals surface area contributed by atoms with Crippen molar-refractivity contribution in [2.75, 3.05) is 33.3 Å². The van der Waals surface area contributed by atoms with Crippen molar-refractivity contribution in [2.45, 2.75) is 30.3 Å². The average molecular weight is 353 g/mol. The zero-order valence-electron chi connectivity index (χ0n) is 14.1. The predicted octanol–water partition coefficient (Wildman–Crippen LogP) is -0.0233. The summed E-state index contributed by atoms with van der Waals surface area (Å²) in [6, 6.07) is 7.36. The van der Waals surface area contributed by atoms with Gasteiger partial charge in [0.05, 0.1) is 19.7 Å². The number of halogens is 1. The van der Waals surface area contributed by atoms with Crippen molar-refractivity contribution in [1.29, 1.82) is 0 Å². The Morgan fingerprint density at radius 1 is 1.40 bits per heavy atom. The number of aliphatic hydroxyl groups is 1. The minimum atomic E-state index is -1.41. The van der Waals surface area contributed by atoms with E-state index < -0.39 is 24.0 Å². The summed E-state index contributed by atoms with van der Waals surface area (Å²) in [5.41, 5.74) is -0.377. The topological polar surface area (TPSA) is 91.8 Å². The summed E-state index contributed by atoms with van der Waals surface area (Å²) < 4.78 is 24.4. The van der Waals surface area contributed by atoms with Crippen LogP contribution in [-0.4, -0.2) is 68.4 Å². The average Bonchev–Trinajstić information content (AvgIpc) is 2.92. The highest BCUT2D eigenvalue weighted by atomic mass is 19.1. The number of benzene rings is 1. The van der Waals surface area contributed by atoms with E-state index in [1.807, 2.05) is 24.3 Å². The second kappa shape index (κ2) is 7.55. The van der Waals surface area contributed by atoms with E-state index in [4.69, 9.17) is 9.47 Å². The number of methoxy groups -OCH3 is 1. The van der Waals surface area contributed by atoms with Gasteiger partial charge < -0.3 is 30.5 Å². The Morgan fingerprint density at radius 3 is 2.72 bits per heavy atom. The molecule has 3 atom stereocenters. The van der Waals surface area contributed by atoms with Gasteiger partial charge in [-0.15, -0.1) is 0 Å². The number of nitrogens with one attached hydrogen (secondary N) is 3. The van der Waals surface area contributed by atoms with Crippen molar-refractivity contribution in [3.05, 3.63) is 29.8 Å². The smallest absolute Gasteiger partial charge is 0.407 e. The van der Waals surface area contributed by atoms with E-state index in [0.717, 1.165) is 11.3 Å². The molecule has 1 amide bonds. The standard InChI is InChI=1S/C17H24FN3O4/c1-24-12-4-2-11(3-5-12)6-13-15(14(22)7-20-13)25-16(23)21-10-17(18)8-19-9-17/h2-5,13-15,19-20,22H,6-10H2,1H3,(H,21,23)/t13-,14+,15+/m1/s1. The maximum absolute atomic E-state index is 13.9. The molecule has 2 fully saturated rings. The van der Waals surface area contributed by atoms with Gasteiger partial charge in [0.25, 0.3) is 0 Å². The molecule has 1 aromatic rings. The monoisotopic (exact) mass is 353 g/mol. The van der Waals surface area contributed by atoms with Crippen molar-refractivity contribution in [3.8, 4) is 5.75 Å². The van der Waals surface area contributed by atoms with E-state index in [1.54, 1.807) is 7.11 Å². The van der Waals surface area contributed by atoms with E-state index in [1.165, 1.54) is 0 Å². The van der Waals surface area contributed by atoms with E-state index in [0.29, 0.717) is 13.0 Å². The molecular formula is C17H24FN3O4. The Labute approximate surface area is 145 Å². The van der Waals surface area contributed by atoms with Crippen molar-refractivity contribution >= 4 is 6.09 Å². The summed E-state index contributed by atoms with van der Waals surface area (Å²) in [5.74, 6) is 0.765. The van der Waals surface area contributed by atoms with Crippen molar-refractivity contribution in [3.63, 3.8) is 0 Å². The molecular weight excluding hydrogens is 329 g/mol. The Hall–Kier alpha value is -1.90. The first-order chi connectivity index (χ1) is 12.0. The number of ether oxygens (including phenoxy) is 2. The second-order valence-corrected chi connectivity index (χ2v) is 6.61. The van der Waals surface area contributed by atoms with Gasteiger partial charge in [-0.2, -0.15) is 0 Å². The molecule has 0 bridgehead atoms. The first-order valence-electron chi connectivity index (χ1n) is 8.38. The molecule has 25 heavy (non-hydrogen) atoms. The van der Waals surface area contributed by atoms with E-state index in [-0.39, 0.29) is 25.7 Å². The summed E-state index contributed by atoms with van der Waals surface area (Å²) in [6.07, 6.45) is -1.59. The molecule has 7 nitrogen and oxygen atoms in total. The number of rotatable bonds is 6. The first kappa shape index (κ1) is 17.9. The van der Waals surface area contributed by atoms with Crippen LogP contribution in [0.25, 0.3) is 0 Å². The molecule has 2 aliphatic heterocycles. The fourth-order valence-corrected chi connectivity index (χ4v) is 3.05. The third-order valence-corrected chi connectivity index (χ3v) is 4.66. The van der Waals surface area contributed by atoms with Gasteiger partial charge in [0.15, 0.2) is 5.67 Å². The Morgan fingerprint density at radius 2 is 2.12 bits per heavy atom. The van der Waals surface area contributed by atoms with Gasteiger partial charge >= 0.3 is 6.09 Å². The highest BCUT2D eigenvalue weighted by Crippen LogP contribution is 2.20. The number of amides is 1. The van der Waals surface area contributed by atoms with Crippen LogP contribution in [0.3, 0.4) is 0 Å². The molecule has 0 saturated carbocycles. The highest BCUT2D eigenvalue weighted by molar-refractivity contribution is 5.67. The molecule has 2 aliphatic rings. The van der Waals surface area contributed by atoms with E-state index >= 15 is 0 Å². The quantitative estimate of drug-likeness (QED) is 0.574. The summed E-state index contributed by atoms with van der Waals surface area (Å²) in [6.45, 7) is 0.690. The molecule has 0 spiro atoms. The van der Waals surface area contributed by atoms with E-state index in [2.05, 4.69) is 16.0 Å². The molecule has 1 aromatic carbocycles. The van der Waals surface area contributed by atoms with Crippen LogP contribution >= 0.6 is 0 Å². The normalized spacial score (nSPS) is 27.4. The Balaban J connectivity index is 1.53. The van der Waals surface area contributed by atoms with Crippen LogP contribution in [0, 0.1) is 0 Å². The SMILES string of the molecule is COc1ccc(C[C@H]2NC[C@H](O)[C@H]2OC(=O)NCC2(F)CNC2)cc1. The predicted molar refractivity (Wildman–Crippen MR) is 89.5 cm³/mol. The molecule has 2 heterocycles. The lowest BCUT2D eigenvalue weighted by Gasteiger charge is -2.34. The van der Waals surface area contributed by atoms with Gasteiger partial charge in [-0.1, -0.05) is 12.1 Å². The molecule has 0 unspecified atom stereocenters. The molecule has 2 saturated heterocycles. The minimum Gasteiger partial charge on any atom is -0.497 e. The third kappa shape index (κ3) is 4.39. The van der Waals surface area contributed by atoms with Crippen LogP contribution in [0.15, 0.2) is 24.3 Å². The lowest BCUT2D eigenvalue weighted by atomic mass is 10.00. The summed E-state index contributed by atoms with van der Waals surface area (Å²) in [4.78, 5) is 11.9. The molecule has 8 heteroatoms. The number of hydrogen-bond acceptors (Lipinski definition) is 6. The molecule has 3 rings (SSSR count). The van der Waals surface area contributed by atoms with Crippen LogP contribution in [0.1, 0.15) is 5.56 Å². The molecule has 0 radical (unpaired) electrons. The molecule has 4 N–H and O–H groups in total. The molecule has 138 valence electrons. The lowest BCUT2D eigenvalue weighted by molar-refractivity contribution is 0.0146. The van der Waals surface area contributed by atoms with Gasteiger partial charge in [0.1, 0.15) is 18.0 Å². The number of aliphatic hydroxyl groups excluding tert-OH is 1. The van der Waals surface area contributed by atoms with E-state index in [9.17, 15) is 14.3 Å². The zero-order chi connectivity index (χ0) is 17.9. The number of alkyl carbamates (subject to hydrolysis) is 1. The highest BCUT2D eigenvalue weighted by Gasteiger charge is 2.40. The third-order valence-electron chi connectivity index (χ3n) is 4.66. The number of hydrogen-bond donors (Lipinski definition) is 4. The van der Waals surface area contributed by atoms with Crippen LogP contribution in [0.2, 0.25) is 0 Å². The number of carbonyl (C=O) groups is 1. The summed E-state index contributed by atoms with van der Waals surface area (Å²) >= 11 is 0. The van der Waals surface area contributed by atoms with Gasteiger partial charge in [-0.25, -0.2) is 9.18 Å². The van der Waals surface area contributed by atoms with Crippen LogP contribution in [0.4, 0.5) is 9.18 Å². The molecule has 0 aromatic heterocycles. The Kier molecular flexibility index (Phi) is 5.41. The maximum Gasteiger partial charge on any atom is 0.407 e. The van der Waals surface area contributed by atoms with Gasteiger partial charge in [-0.05, 0) is 24.1 Å². The maximum atomic E-state index is 13.9. The second-order valence-electron chi connectivity index (χ2n) is 6.61. The fraction of sp³-hybridized carbons (Fsp3) is 0.588. The molecule has 0 aliphatic carbocycles. The number of carbonyl (C=O) groups excluding carboxylic acids is 1. The van der Waals surface area contributed by atoms with Crippen molar-refractivity contribution in [1.82, 2.24) is 16.0 Å². The minimum absolute atomic E-state index is 0.0990. The zero-order valence-corrected chi connectivity index (χ0v) is 14.1. The van der Waals surface area contributed by atoms with Crippen LogP contribution in [-0.2, 0) is 11.2 Å². The fourth-order valence-electron chi connectivity index (χ4n) is 3.05. The van der Waals surface area contributed by atoms with Crippen molar-refractivity contribution in [2.24, 2.45) is 0 Å². The van der Waals surface area contributed by atoms with Gasteiger partial charge in [0, 0.05) is 19.6 Å². The number of alkyl halides is 1. The summed E-state index contributed by atoms with van der Waals surface area (Å²) in [5, 5.41) is 18.5. The van der Waals surface area contributed by atoms with Gasteiger partial charge in [0.2, 0.25) is 0 Å². The Bertz CT molecular complexity index is 594. The van der Waals surface area contributed by atoms with Crippen LogP contribution in [0.5, 0.6) is 5.75 Å². The lowest BCUT2D eigenvalue weighted by Crippen LogP contribution is -2.61. The van der Waals surface area contributed by atoms with Crippen molar-refractivity contribution < 1.29 is 23.8 Å². The summed E-state index contributed by atoms with van der Waals surface area (Å²) in [7, 11) is 1.60. The van der Waals surface area contributed by atoms with Crippen LogP contribution < -0.4 is 20.7 Å². The number of β-amino-alcohol motifs (C(OH)–C–C–N with tert-alkyl or cyclic N) is 1. The largest absolute Gasteiger partial charge is 0.497 e. The van der Waals surface area contributed by atoms with Gasteiger partial charge in [-0.3, -0.25) is 0 Å². The first-order valence-corrected chi connectivity index (χ1v) is 8.38.